The Kier molecular flexibility index (Phi) is 4.09. The molecular weight excluding hydrogens is 387 g/mol. The average molecular weight is 406 g/mol. The number of halogens is 1. The second-order valence-electron chi connectivity index (χ2n) is 7.53. The molecule has 5 rings (SSSR count). The number of aromatic nitrogens is 7. The number of pyridine rings is 1. The molecule has 152 valence electrons. The van der Waals surface area contributed by atoms with Crippen LogP contribution in [0.5, 0.6) is 0 Å². The van der Waals surface area contributed by atoms with E-state index in [9.17, 15) is 9.18 Å². The summed E-state index contributed by atoms with van der Waals surface area (Å²) < 4.78 is 17.6. The number of hydrogen-bond acceptors (Lipinski definition) is 6. The smallest absolute Gasteiger partial charge is 0.256 e. The molecule has 9 nitrogen and oxygen atoms in total. The van der Waals surface area contributed by atoms with Gasteiger partial charge in [-0.25, -0.2) is 9.37 Å². The summed E-state index contributed by atoms with van der Waals surface area (Å²) in [7, 11) is 1.80. The lowest BCUT2D eigenvalue weighted by atomic mass is 10.1. The lowest BCUT2D eigenvalue weighted by molar-refractivity contribution is 0.102. The van der Waals surface area contributed by atoms with E-state index in [1.807, 2.05) is 6.92 Å². The standard InChI is InChI=1S/C20H19FN8O/c1-10-18-14(9-16(12-4-5-12)22-19(18)28(3)25-10)20(30)23-17-8-13(6-7-15(17)21)29-11(2)24-26-27-29/h6-9,12H,4-5H2,1-3H3,(H,23,30). The first-order valence-corrected chi connectivity index (χ1v) is 9.63. The first kappa shape index (κ1) is 18.3. The van der Waals surface area contributed by atoms with Crippen molar-refractivity contribution in [2.45, 2.75) is 32.6 Å². The maximum absolute atomic E-state index is 14.5. The van der Waals surface area contributed by atoms with Crippen LogP contribution >= 0.6 is 0 Å². The van der Waals surface area contributed by atoms with Crippen LogP contribution in [0.1, 0.15) is 46.3 Å². The maximum atomic E-state index is 14.5. The number of aryl methyl sites for hydroxylation is 3. The van der Waals surface area contributed by atoms with Gasteiger partial charge in [0, 0.05) is 18.7 Å². The molecule has 4 aromatic rings. The second kappa shape index (κ2) is 6.68. The number of hydrogen-bond donors (Lipinski definition) is 1. The number of nitrogens with zero attached hydrogens (tertiary/aromatic N) is 7. The number of amides is 1. The molecule has 1 amide bonds. The van der Waals surface area contributed by atoms with Crippen LogP contribution in [0.15, 0.2) is 24.3 Å². The van der Waals surface area contributed by atoms with Gasteiger partial charge in [0.1, 0.15) is 5.82 Å². The first-order valence-electron chi connectivity index (χ1n) is 9.63. The fraction of sp³-hybridized carbons (Fsp3) is 0.300. The number of carbonyl (C=O) groups is 1. The van der Waals surface area contributed by atoms with Crippen LogP contribution in [-0.4, -0.2) is 40.9 Å². The predicted molar refractivity (Wildman–Crippen MR) is 107 cm³/mol. The number of anilines is 1. The van der Waals surface area contributed by atoms with Gasteiger partial charge in [0.15, 0.2) is 11.5 Å². The molecule has 10 heteroatoms. The van der Waals surface area contributed by atoms with Gasteiger partial charge in [-0.3, -0.25) is 9.48 Å². The zero-order valence-electron chi connectivity index (χ0n) is 16.7. The highest BCUT2D eigenvalue weighted by molar-refractivity contribution is 6.12. The van der Waals surface area contributed by atoms with Crippen molar-refractivity contribution in [2.24, 2.45) is 7.05 Å². The molecule has 1 saturated carbocycles. The Bertz CT molecular complexity index is 1300. The SMILES string of the molecule is Cc1nn(C)c2nc(C3CC3)cc(C(=O)Nc3cc(-n4nnnc4C)ccc3F)c12. The van der Waals surface area contributed by atoms with Crippen molar-refractivity contribution in [2.75, 3.05) is 5.32 Å². The normalized spacial score (nSPS) is 13.7. The van der Waals surface area contributed by atoms with Crippen molar-refractivity contribution in [3.05, 3.63) is 52.9 Å². The molecule has 0 saturated heterocycles. The molecule has 0 spiro atoms. The van der Waals surface area contributed by atoms with E-state index in [1.54, 1.807) is 30.8 Å². The third-order valence-corrected chi connectivity index (χ3v) is 5.30. The number of rotatable bonds is 4. The van der Waals surface area contributed by atoms with Crippen LogP contribution in [-0.2, 0) is 7.05 Å². The summed E-state index contributed by atoms with van der Waals surface area (Å²) in [6, 6.07) is 6.14. The van der Waals surface area contributed by atoms with E-state index in [2.05, 4.69) is 25.9 Å². The Labute approximate surface area is 170 Å². The van der Waals surface area contributed by atoms with Crippen molar-refractivity contribution in [1.29, 1.82) is 0 Å². The molecule has 30 heavy (non-hydrogen) atoms. The summed E-state index contributed by atoms with van der Waals surface area (Å²) in [4.78, 5) is 17.9. The minimum atomic E-state index is -0.548. The van der Waals surface area contributed by atoms with E-state index >= 15 is 0 Å². The van der Waals surface area contributed by atoms with Crippen molar-refractivity contribution < 1.29 is 9.18 Å². The average Bonchev–Trinajstić information content (AvgIpc) is 3.43. The number of nitrogens with one attached hydrogen (secondary N) is 1. The highest BCUT2D eigenvalue weighted by Crippen LogP contribution is 2.40. The van der Waals surface area contributed by atoms with Crippen molar-refractivity contribution in [3.8, 4) is 5.69 Å². The molecule has 1 aliphatic rings. The number of tetrazole rings is 1. The molecule has 0 radical (unpaired) electrons. The van der Waals surface area contributed by atoms with E-state index in [-0.39, 0.29) is 5.69 Å². The van der Waals surface area contributed by atoms with E-state index < -0.39 is 11.7 Å². The first-order chi connectivity index (χ1) is 14.4. The highest BCUT2D eigenvalue weighted by atomic mass is 19.1. The zero-order valence-corrected chi connectivity index (χ0v) is 16.7. The van der Waals surface area contributed by atoms with E-state index in [0.29, 0.717) is 39.7 Å². The molecule has 3 heterocycles. The van der Waals surface area contributed by atoms with Gasteiger partial charge in [-0.15, -0.1) is 5.10 Å². The van der Waals surface area contributed by atoms with Crippen molar-refractivity contribution in [1.82, 2.24) is 35.0 Å². The molecule has 1 aromatic carbocycles. The van der Waals surface area contributed by atoms with Crippen LogP contribution in [0, 0.1) is 19.7 Å². The summed E-state index contributed by atoms with van der Waals surface area (Å²) in [6.07, 6.45) is 2.11. The molecule has 0 bridgehead atoms. The minimum absolute atomic E-state index is 0.0480. The largest absolute Gasteiger partial charge is 0.319 e. The second-order valence-corrected chi connectivity index (χ2v) is 7.53. The van der Waals surface area contributed by atoms with Crippen LogP contribution in [0.4, 0.5) is 10.1 Å². The highest BCUT2D eigenvalue weighted by Gasteiger charge is 2.28. The third kappa shape index (κ3) is 3.00. The Balaban J connectivity index is 1.56. The molecule has 1 fully saturated rings. The van der Waals surface area contributed by atoms with Gasteiger partial charge in [-0.05, 0) is 61.4 Å². The summed E-state index contributed by atoms with van der Waals surface area (Å²) >= 11 is 0. The van der Waals surface area contributed by atoms with Crippen molar-refractivity contribution in [3.63, 3.8) is 0 Å². The molecule has 0 unspecified atom stereocenters. The summed E-state index contributed by atoms with van der Waals surface area (Å²) in [5.74, 6) is -0.0489. The lowest BCUT2D eigenvalue weighted by Gasteiger charge is -2.11. The minimum Gasteiger partial charge on any atom is -0.319 e. The molecular formula is C20H19FN8O. The Morgan fingerprint density at radius 1 is 1.23 bits per heavy atom. The van der Waals surface area contributed by atoms with Crippen LogP contribution in [0.2, 0.25) is 0 Å². The van der Waals surface area contributed by atoms with E-state index in [0.717, 1.165) is 18.5 Å². The van der Waals surface area contributed by atoms with E-state index in [4.69, 9.17) is 4.98 Å². The number of fused-ring (bicyclic) bond motifs is 1. The fourth-order valence-electron chi connectivity index (χ4n) is 3.63. The van der Waals surface area contributed by atoms with Crippen LogP contribution in [0.25, 0.3) is 16.7 Å². The summed E-state index contributed by atoms with van der Waals surface area (Å²) in [5, 5.41) is 19.1. The van der Waals surface area contributed by atoms with Gasteiger partial charge in [-0.2, -0.15) is 9.78 Å². The van der Waals surface area contributed by atoms with Gasteiger partial charge in [0.2, 0.25) is 0 Å². The van der Waals surface area contributed by atoms with Gasteiger partial charge in [0.05, 0.1) is 28.0 Å². The zero-order chi connectivity index (χ0) is 21.0. The number of benzene rings is 1. The fourth-order valence-corrected chi connectivity index (χ4v) is 3.63. The van der Waals surface area contributed by atoms with Gasteiger partial charge >= 0.3 is 0 Å². The van der Waals surface area contributed by atoms with Gasteiger partial charge < -0.3 is 5.32 Å². The maximum Gasteiger partial charge on any atom is 0.256 e. The molecule has 1 N–H and O–H groups in total. The molecule has 0 atom stereocenters. The quantitative estimate of drug-likeness (QED) is 0.559. The van der Waals surface area contributed by atoms with Gasteiger partial charge in [0.25, 0.3) is 5.91 Å². The third-order valence-electron chi connectivity index (χ3n) is 5.30. The van der Waals surface area contributed by atoms with E-state index in [1.165, 1.54) is 16.8 Å². The van der Waals surface area contributed by atoms with Crippen molar-refractivity contribution >= 4 is 22.6 Å². The monoisotopic (exact) mass is 406 g/mol. The predicted octanol–water partition coefficient (Wildman–Crippen LogP) is 2.83. The summed E-state index contributed by atoms with van der Waals surface area (Å²) in [6.45, 7) is 3.57. The number of carbonyl (C=O) groups excluding carboxylic acids is 1. The molecule has 1 aliphatic carbocycles. The Morgan fingerprint density at radius 2 is 2.03 bits per heavy atom. The van der Waals surface area contributed by atoms with Crippen LogP contribution < -0.4 is 5.32 Å². The summed E-state index contributed by atoms with van der Waals surface area (Å²) in [5.41, 5.74) is 3.26. The van der Waals surface area contributed by atoms with Gasteiger partial charge in [-0.1, -0.05) is 0 Å². The topological polar surface area (TPSA) is 103 Å². The Hall–Kier alpha value is -3.69. The Morgan fingerprint density at radius 3 is 2.73 bits per heavy atom. The van der Waals surface area contributed by atoms with Crippen LogP contribution in [0.3, 0.4) is 0 Å². The molecule has 0 aliphatic heterocycles. The molecule has 3 aromatic heterocycles. The lowest BCUT2D eigenvalue weighted by Crippen LogP contribution is -2.15.